The fraction of sp³-hybridized carbons (Fsp3) is 0.125. The Hall–Kier alpha value is -1.89. The third-order valence-electron chi connectivity index (χ3n) is 2.72. The Morgan fingerprint density at radius 3 is 2.06 bits per heavy atom. The summed E-state index contributed by atoms with van der Waals surface area (Å²) >= 11 is 0. The zero-order valence-electron chi connectivity index (χ0n) is 9.73. The molecule has 0 aromatic heterocycles. The predicted octanol–water partition coefficient (Wildman–Crippen LogP) is 4.15. The van der Waals surface area contributed by atoms with E-state index < -0.39 is 0 Å². The molecular weight excluding hydrogens is 208 g/mol. The molecule has 0 atom stereocenters. The standard InChI is InChI=1S/C16H15O/c1-2-6-16(17)15-11-9-14(10-12-15)13-7-4-3-5-8-13/h3-5,7-12H,1-2,6H2. The molecule has 85 valence electrons. The van der Waals surface area contributed by atoms with E-state index in [2.05, 4.69) is 19.1 Å². The highest BCUT2D eigenvalue weighted by atomic mass is 16.1. The Balaban J connectivity index is 2.22. The summed E-state index contributed by atoms with van der Waals surface area (Å²) in [5.74, 6) is 0.166. The fourth-order valence-electron chi connectivity index (χ4n) is 1.78. The first-order chi connectivity index (χ1) is 8.31. The first-order valence-corrected chi connectivity index (χ1v) is 5.79. The maximum absolute atomic E-state index is 11.7. The van der Waals surface area contributed by atoms with E-state index in [0.717, 1.165) is 11.1 Å². The van der Waals surface area contributed by atoms with Crippen molar-refractivity contribution in [2.24, 2.45) is 0 Å². The second kappa shape index (κ2) is 5.44. The van der Waals surface area contributed by atoms with E-state index in [1.54, 1.807) is 0 Å². The minimum atomic E-state index is 0.166. The molecule has 0 saturated carbocycles. The molecule has 0 fully saturated rings. The lowest BCUT2D eigenvalue weighted by Crippen LogP contribution is -1.97. The van der Waals surface area contributed by atoms with Gasteiger partial charge in [-0.15, -0.1) is 0 Å². The van der Waals surface area contributed by atoms with Crippen molar-refractivity contribution < 1.29 is 4.79 Å². The third-order valence-corrected chi connectivity index (χ3v) is 2.72. The third kappa shape index (κ3) is 2.82. The summed E-state index contributed by atoms with van der Waals surface area (Å²) in [6.45, 7) is 3.70. The lowest BCUT2D eigenvalue weighted by Gasteiger charge is -2.03. The number of benzene rings is 2. The van der Waals surface area contributed by atoms with E-state index in [9.17, 15) is 4.79 Å². The molecule has 0 amide bonds. The highest BCUT2D eigenvalue weighted by Gasteiger charge is 2.04. The van der Waals surface area contributed by atoms with Gasteiger partial charge in [-0.25, -0.2) is 0 Å². The molecule has 0 aliphatic heterocycles. The van der Waals surface area contributed by atoms with Crippen LogP contribution in [0.5, 0.6) is 0 Å². The van der Waals surface area contributed by atoms with Gasteiger partial charge >= 0.3 is 0 Å². The Kier molecular flexibility index (Phi) is 3.71. The van der Waals surface area contributed by atoms with E-state index in [0.29, 0.717) is 12.8 Å². The summed E-state index contributed by atoms with van der Waals surface area (Å²) < 4.78 is 0. The number of hydrogen-bond donors (Lipinski definition) is 0. The van der Waals surface area contributed by atoms with Crippen LogP contribution in [0.25, 0.3) is 11.1 Å². The molecule has 1 heteroatoms. The molecule has 0 unspecified atom stereocenters. The number of rotatable bonds is 4. The molecular formula is C16H15O. The maximum Gasteiger partial charge on any atom is 0.162 e. The quantitative estimate of drug-likeness (QED) is 0.711. The molecule has 1 radical (unpaired) electrons. The topological polar surface area (TPSA) is 17.1 Å². The van der Waals surface area contributed by atoms with E-state index >= 15 is 0 Å². The van der Waals surface area contributed by atoms with Crippen molar-refractivity contribution in [3.05, 3.63) is 67.1 Å². The summed E-state index contributed by atoms with van der Waals surface area (Å²) in [6, 6.07) is 17.9. The smallest absolute Gasteiger partial charge is 0.162 e. The highest BCUT2D eigenvalue weighted by molar-refractivity contribution is 5.96. The van der Waals surface area contributed by atoms with E-state index in [1.165, 1.54) is 5.56 Å². The predicted molar refractivity (Wildman–Crippen MR) is 70.8 cm³/mol. The van der Waals surface area contributed by atoms with E-state index in [1.807, 2.05) is 42.5 Å². The highest BCUT2D eigenvalue weighted by Crippen LogP contribution is 2.19. The summed E-state index contributed by atoms with van der Waals surface area (Å²) in [4.78, 5) is 11.7. The molecule has 0 heterocycles. The van der Waals surface area contributed by atoms with Crippen LogP contribution in [0.2, 0.25) is 0 Å². The van der Waals surface area contributed by atoms with Crippen molar-refractivity contribution in [1.82, 2.24) is 0 Å². The monoisotopic (exact) mass is 223 g/mol. The van der Waals surface area contributed by atoms with Gasteiger partial charge in [0.1, 0.15) is 0 Å². The molecule has 0 saturated heterocycles. The van der Waals surface area contributed by atoms with Gasteiger partial charge < -0.3 is 0 Å². The van der Waals surface area contributed by atoms with Crippen molar-refractivity contribution in [3.8, 4) is 11.1 Å². The van der Waals surface area contributed by atoms with Gasteiger partial charge in [0.2, 0.25) is 0 Å². The minimum absolute atomic E-state index is 0.166. The van der Waals surface area contributed by atoms with Gasteiger partial charge in [-0.3, -0.25) is 4.79 Å². The van der Waals surface area contributed by atoms with Crippen molar-refractivity contribution in [3.63, 3.8) is 0 Å². The van der Waals surface area contributed by atoms with E-state index in [-0.39, 0.29) is 5.78 Å². The van der Waals surface area contributed by atoms with Gasteiger partial charge in [-0.2, -0.15) is 0 Å². The average molecular weight is 223 g/mol. The van der Waals surface area contributed by atoms with Crippen LogP contribution in [0.1, 0.15) is 23.2 Å². The van der Waals surface area contributed by atoms with Crippen molar-refractivity contribution in [2.45, 2.75) is 12.8 Å². The van der Waals surface area contributed by atoms with Crippen LogP contribution in [0.3, 0.4) is 0 Å². The largest absolute Gasteiger partial charge is 0.294 e. The Morgan fingerprint density at radius 1 is 0.882 bits per heavy atom. The van der Waals surface area contributed by atoms with Crippen molar-refractivity contribution >= 4 is 5.78 Å². The molecule has 0 aliphatic carbocycles. The summed E-state index contributed by atoms with van der Waals surface area (Å²) in [5.41, 5.74) is 3.08. The van der Waals surface area contributed by atoms with Gasteiger partial charge in [0.15, 0.2) is 5.78 Å². The number of hydrogen-bond acceptors (Lipinski definition) is 1. The summed E-state index contributed by atoms with van der Waals surface area (Å²) in [5, 5.41) is 0. The van der Waals surface area contributed by atoms with Gasteiger partial charge in [0.25, 0.3) is 0 Å². The lowest BCUT2D eigenvalue weighted by molar-refractivity contribution is 0.0983. The molecule has 0 N–H and O–H groups in total. The van der Waals surface area contributed by atoms with Crippen LogP contribution in [0, 0.1) is 6.92 Å². The van der Waals surface area contributed by atoms with Crippen molar-refractivity contribution in [2.75, 3.05) is 0 Å². The normalized spacial score (nSPS) is 10.2. The summed E-state index contributed by atoms with van der Waals surface area (Å²) in [7, 11) is 0. The number of ketones is 1. The first-order valence-electron chi connectivity index (χ1n) is 5.79. The second-order valence-corrected chi connectivity index (χ2v) is 3.97. The molecule has 2 aromatic rings. The molecule has 1 nitrogen and oxygen atoms in total. The van der Waals surface area contributed by atoms with Crippen LogP contribution in [-0.2, 0) is 0 Å². The van der Waals surface area contributed by atoms with Crippen LogP contribution in [0.15, 0.2) is 54.6 Å². The fourth-order valence-corrected chi connectivity index (χ4v) is 1.78. The number of carbonyl (C=O) groups is 1. The number of Topliss-reactive ketones (excluding diaryl/α,β-unsaturated/α-hetero) is 1. The molecule has 2 aromatic carbocycles. The minimum Gasteiger partial charge on any atom is -0.294 e. The maximum atomic E-state index is 11.7. The van der Waals surface area contributed by atoms with Gasteiger partial charge in [-0.05, 0) is 17.5 Å². The molecule has 17 heavy (non-hydrogen) atoms. The second-order valence-electron chi connectivity index (χ2n) is 3.97. The zero-order chi connectivity index (χ0) is 12.1. The summed E-state index contributed by atoms with van der Waals surface area (Å²) in [6.07, 6.45) is 1.17. The average Bonchev–Trinajstić information content (AvgIpc) is 2.40. The van der Waals surface area contributed by atoms with Crippen LogP contribution >= 0.6 is 0 Å². The zero-order valence-corrected chi connectivity index (χ0v) is 9.73. The van der Waals surface area contributed by atoms with Crippen LogP contribution in [0.4, 0.5) is 0 Å². The SMILES string of the molecule is [CH2]CCC(=O)c1ccc(-c2ccccc2)cc1. The van der Waals surface area contributed by atoms with Crippen LogP contribution in [-0.4, -0.2) is 5.78 Å². The van der Waals surface area contributed by atoms with Gasteiger partial charge in [0, 0.05) is 12.0 Å². The Labute approximate surface area is 102 Å². The molecule has 0 aliphatic rings. The number of carbonyl (C=O) groups excluding carboxylic acids is 1. The van der Waals surface area contributed by atoms with Crippen molar-refractivity contribution in [1.29, 1.82) is 0 Å². The Bertz CT molecular complexity index is 483. The molecule has 2 rings (SSSR count). The first kappa shape index (κ1) is 11.6. The van der Waals surface area contributed by atoms with Gasteiger partial charge in [0.05, 0.1) is 0 Å². The Morgan fingerprint density at radius 2 is 1.47 bits per heavy atom. The van der Waals surface area contributed by atoms with E-state index in [4.69, 9.17) is 0 Å². The van der Waals surface area contributed by atoms with Crippen LogP contribution < -0.4 is 0 Å². The lowest BCUT2D eigenvalue weighted by atomic mass is 10.0. The molecule has 0 bridgehead atoms. The molecule has 0 spiro atoms. The van der Waals surface area contributed by atoms with Gasteiger partial charge in [-0.1, -0.05) is 61.5 Å².